The molecule has 2 aliphatic rings. The lowest BCUT2D eigenvalue weighted by Crippen LogP contribution is -2.59. The first-order valence-corrected chi connectivity index (χ1v) is 6.66. The number of nitrogens with zero attached hydrogens (tertiary/aromatic N) is 1. The van der Waals surface area contributed by atoms with Crippen LogP contribution in [0.3, 0.4) is 0 Å². The SMILES string of the molecule is CC(C)CC1CN(C2(C)CCOC2)CCN1. The molecule has 2 fully saturated rings. The zero-order chi connectivity index (χ0) is 11.6. The van der Waals surface area contributed by atoms with Gasteiger partial charge in [-0.25, -0.2) is 0 Å². The van der Waals surface area contributed by atoms with Gasteiger partial charge in [-0.2, -0.15) is 0 Å². The van der Waals surface area contributed by atoms with Crippen LogP contribution in [0.25, 0.3) is 0 Å². The van der Waals surface area contributed by atoms with E-state index in [9.17, 15) is 0 Å². The van der Waals surface area contributed by atoms with Gasteiger partial charge < -0.3 is 10.1 Å². The molecule has 0 radical (unpaired) electrons. The Morgan fingerprint density at radius 3 is 2.94 bits per heavy atom. The Balaban J connectivity index is 1.90. The Kier molecular flexibility index (Phi) is 3.88. The lowest BCUT2D eigenvalue weighted by Gasteiger charge is -2.43. The van der Waals surface area contributed by atoms with E-state index < -0.39 is 0 Å². The molecule has 2 rings (SSSR count). The summed E-state index contributed by atoms with van der Waals surface area (Å²) in [5.74, 6) is 0.782. The number of rotatable bonds is 3. The molecule has 0 aromatic rings. The van der Waals surface area contributed by atoms with Gasteiger partial charge >= 0.3 is 0 Å². The van der Waals surface area contributed by atoms with Gasteiger partial charge in [0.15, 0.2) is 0 Å². The van der Waals surface area contributed by atoms with Gasteiger partial charge in [-0.05, 0) is 25.7 Å². The molecule has 0 aromatic heterocycles. The molecule has 2 atom stereocenters. The van der Waals surface area contributed by atoms with Gasteiger partial charge in [-0.1, -0.05) is 13.8 Å². The van der Waals surface area contributed by atoms with Crippen molar-refractivity contribution in [3.05, 3.63) is 0 Å². The van der Waals surface area contributed by atoms with Gasteiger partial charge in [0.25, 0.3) is 0 Å². The standard InChI is InChI=1S/C13H26N2O/c1-11(2)8-12-9-15(6-5-14-12)13(3)4-7-16-10-13/h11-12,14H,4-10H2,1-3H3. The van der Waals surface area contributed by atoms with Crippen LogP contribution in [0, 0.1) is 5.92 Å². The third-order valence-corrected chi connectivity index (χ3v) is 3.97. The van der Waals surface area contributed by atoms with Crippen LogP contribution < -0.4 is 5.32 Å². The molecule has 2 aliphatic heterocycles. The zero-order valence-corrected chi connectivity index (χ0v) is 11.0. The van der Waals surface area contributed by atoms with Crippen molar-refractivity contribution in [2.75, 3.05) is 32.8 Å². The molecule has 2 saturated heterocycles. The summed E-state index contributed by atoms with van der Waals surface area (Å²) in [6.07, 6.45) is 2.48. The maximum Gasteiger partial charge on any atom is 0.0648 e. The fourth-order valence-electron chi connectivity index (χ4n) is 2.95. The second kappa shape index (κ2) is 5.03. The molecule has 2 heterocycles. The van der Waals surface area contributed by atoms with Crippen molar-refractivity contribution in [2.24, 2.45) is 5.92 Å². The third-order valence-electron chi connectivity index (χ3n) is 3.97. The van der Waals surface area contributed by atoms with Crippen molar-refractivity contribution in [3.8, 4) is 0 Å². The predicted molar refractivity (Wildman–Crippen MR) is 66.7 cm³/mol. The topological polar surface area (TPSA) is 24.5 Å². The minimum atomic E-state index is 0.303. The number of nitrogens with one attached hydrogen (secondary N) is 1. The molecular weight excluding hydrogens is 200 g/mol. The predicted octanol–water partition coefficient (Wildman–Crippen LogP) is 1.49. The Bertz CT molecular complexity index is 224. The molecule has 0 aliphatic carbocycles. The summed E-state index contributed by atoms with van der Waals surface area (Å²) in [6, 6.07) is 0.672. The summed E-state index contributed by atoms with van der Waals surface area (Å²) in [4.78, 5) is 2.64. The molecule has 3 nitrogen and oxygen atoms in total. The molecule has 94 valence electrons. The molecule has 0 spiro atoms. The average Bonchev–Trinajstić information content (AvgIpc) is 2.66. The molecule has 0 bridgehead atoms. The Hall–Kier alpha value is -0.120. The molecular formula is C13H26N2O. The number of hydrogen-bond donors (Lipinski definition) is 1. The normalized spacial score (nSPS) is 37.1. The van der Waals surface area contributed by atoms with E-state index in [0.29, 0.717) is 11.6 Å². The highest BCUT2D eigenvalue weighted by Gasteiger charge is 2.38. The number of hydrogen-bond acceptors (Lipinski definition) is 3. The molecule has 16 heavy (non-hydrogen) atoms. The van der Waals surface area contributed by atoms with Crippen LogP contribution in [0.15, 0.2) is 0 Å². The summed E-state index contributed by atoms with van der Waals surface area (Å²) >= 11 is 0. The van der Waals surface area contributed by atoms with Crippen molar-refractivity contribution in [1.29, 1.82) is 0 Å². The first-order valence-electron chi connectivity index (χ1n) is 6.66. The summed E-state index contributed by atoms with van der Waals surface area (Å²) in [5, 5.41) is 3.64. The van der Waals surface area contributed by atoms with Crippen LogP contribution in [0.4, 0.5) is 0 Å². The Morgan fingerprint density at radius 1 is 1.50 bits per heavy atom. The van der Waals surface area contributed by atoms with Gasteiger partial charge in [0.05, 0.1) is 6.61 Å². The second-order valence-electron chi connectivity index (χ2n) is 6.03. The van der Waals surface area contributed by atoms with E-state index in [1.54, 1.807) is 0 Å². The van der Waals surface area contributed by atoms with Crippen LogP contribution in [-0.4, -0.2) is 49.3 Å². The van der Waals surface area contributed by atoms with Crippen molar-refractivity contribution in [1.82, 2.24) is 10.2 Å². The van der Waals surface area contributed by atoms with Crippen molar-refractivity contribution >= 4 is 0 Å². The van der Waals surface area contributed by atoms with Gasteiger partial charge in [0.2, 0.25) is 0 Å². The molecule has 0 saturated carbocycles. The lowest BCUT2D eigenvalue weighted by atomic mass is 9.94. The Morgan fingerprint density at radius 2 is 2.31 bits per heavy atom. The Labute approximate surface area is 99.5 Å². The summed E-state index contributed by atoms with van der Waals surface area (Å²) < 4.78 is 5.57. The van der Waals surface area contributed by atoms with Crippen molar-refractivity contribution in [3.63, 3.8) is 0 Å². The minimum Gasteiger partial charge on any atom is -0.379 e. The largest absolute Gasteiger partial charge is 0.379 e. The van der Waals surface area contributed by atoms with Crippen molar-refractivity contribution < 1.29 is 4.74 Å². The van der Waals surface area contributed by atoms with E-state index in [1.807, 2.05) is 0 Å². The summed E-state index contributed by atoms with van der Waals surface area (Å²) in [5.41, 5.74) is 0.303. The van der Waals surface area contributed by atoms with E-state index >= 15 is 0 Å². The molecule has 0 amide bonds. The van der Waals surface area contributed by atoms with Gasteiger partial charge in [-0.3, -0.25) is 4.90 Å². The first-order chi connectivity index (χ1) is 7.60. The van der Waals surface area contributed by atoms with Crippen LogP contribution in [0.2, 0.25) is 0 Å². The molecule has 2 unspecified atom stereocenters. The van der Waals surface area contributed by atoms with Crippen LogP contribution in [0.1, 0.15) is 33.6 Å². The van der Waals surface area contributed by atoms with Crippen LogP contribution >= 0.6 is 0 Å². The fraction of sp³-hybridized carbons (Fsp3) is 1.00. The highest BCUT2D eigenvalue weighted by atomic mass is 16.5. The molecule has 3 heteroatoms. The fourth-order valence-corrected chi connectivity index (χ4v) is 2.95. The number of piperazine rings is 1. The molecule has 0 aromatic carbocycles. The van der Waals surface area contributed by atoms with Gasteiger partial charge in [-0.15, -0.1) is 0 Å². The highest BCUT2D eigenvalue weighted by Crippen LogP contribution is 2.27. The zero-order valence-electron chi connectivity index (χ0n) is 11.0. The second-order valence-corrected chi connectivity index (χ2v) is 6.03. The van der Waals surface area contributed by atoms with E-state index in [2.05, 4.69) is 31.0 Å². The van der Waals surface area contributed by atoms with E-state index in [0.717, 1.165) is 25.7 Å². The average molecular weight is 226 g/mol. The maximum atomic E-state index is 5.57. The molecule has 1 N–H and O–H groups in total. The summed E-state index contributed by atoms with van der Waals surface area (Å²) in [7, 11) is 0. The number of ether oxygens (including phenoxy) is 1. The quantitative estimate of drug-likeness (QED) is 0.789. The minimum absolute atomic E-state index is 0.303. The van der Waals surface area contributed by atoms with Crippen molar-refractivity contribution in [2.45, 2.75) is 45.2 Å². The lowest BCUT2D eigenvalue weighted by molar-refractivity contribution is 0.0510. The van der Waals surface area contributed by atoms with Gasteiger partial charge in [0.1, 0.15) is 0 Å². The smallest absolute Gasteiger partial charge is 0.0648 e. The summed E-state index contributed by atoms with van der Waals surface area (Å²) in [6.45, 7) is 12.3. The van der Waals surface area contributed by atoms with E-state index in [1.165, 1.54) is 25.9 Å². The maximum absolute atomic E-state index is 5.57. The monoisotopic (exact) mass is 226 g/mol. The van der Waals surface area contributed by atoms with Gasteiger partial charge in [0, 0.05) is 37.8 Å². The first kappa shape index (κ1) is 12.3. The van der Waals surface area contributed by atoms with E-state index in [-0.39, 0.29) is 0 Å². The van der Waals surface area contributed by atoms with Crippen LogP contribution in [0.5, 0.6) is 0 Å². The van der Waals surface area contributed by atoms with Crippen LogP contribution in [-0.2, 0) is 4.74 Å². The third kappa shape index (κ3) is 2.76. The highest BCUT2D eigenvalue weighted by molar-refractivity contribution is 4.94. The van der Waals surface area contributed by atoms with E-state index in [4.69, 9.17) is 4.74 Å².